The molecule has 1 fully saturated rings. The van der Waals surface area contributed by atoms with E-state index < -0.39 is 29.8 Å². The number of ether oxygens (including phenoxy) is 1. The van der Waals surface area contributed by atoms with Crippen LogP contribution in [0.5, 0.6) is 5.75 Å². The maximum atomic E-state index is 13.1. The molecule has 1 amide bonds. The van der Waals surface area contributed by atoms with Crippen molar-refractivity contribution >= 4 is 11.7 Å². The van der Waals surface area contributed by atoms with Crippen molar-refractivity contribution in [2.45, 2.75) is 164 Å². The molecule has 0 bridgehead atoms. The van der Waals surface area contributed by atoms with Crippen molar-refractivity contribution in [3.05, 3.63) is 88.0 Å². The highest BCUT2D eigenvalue weighted by Crippen LogP contribution is 2.38. The van der Waals surface area contributed by atoms with E-state index in [0.29, 0.717) is 41.6 Å². The highest BCUT2D eigenvalue weighted by atomic mass is 19.4. The summed E-state index contributed by atoms with van der Waals surface area (Å²) in [6.45, 7) is 20.0. The van der Waals surface area contributed by atoms with Gasteiger partial charge < -0.3 is 14.8 Å². The molecule has 4 unspecified atom stereocenters. The Morgan fingerprint density at radius 2 is 1.47 bits per heavy atom. The molecule has 0 saturated carbocycles. The summed E-state index contributed by atoms with van der Waals surface area (Å²) in [7, 11) is 0. The largest absolute Gasteiger partial charge is 0.573 e. The molecule has 3 aromatic rings. The number of hydrogen-bond acceptors (Lipinski definition) is 4. The molecule has 1 aliphatic heterocycles. The van der Waals surface area contributed by atoms with Crippen LogP contribution in [0.2, 0.25) is 0 Å². The number of hydrogen-bond donors (Lipinski definition) is 2. The van der Waals surface area contributed by atoms with Crippen LogP contribution in [0.25, 0.3) is 11.1 Å². The van der Waals surface area contributed by atoms with E-state index in [1.165, 1.54) is 48.7 Å². The molecule has 0 radical (unpaired) electrons. The number of aryl methyl sites for hydroxylation is 3. The second kappa shape index (κ2) is 22.3. The Balaban J connectivity index is 0.000000332. The van der Waals surface area contributed by atoms with E-state index in [0.717, 1.165) is 55.2 Å². The van der Waals surface area contributed by atoms with E-state index in [1.807, 2.05) is 26.8 Å². The minimum Gasteiger partial charge on any atom is -0.405 e. The third-order valence-electron chi connectivity index (χ3n) is 10.6. The molecule has 318 valence electrons. The summed E-state index contributed by atoms with van der Waals surface area (Å²) in [6, 6.07) is 14.4. The number of carbonyl (C=O) groups is 2. The SMILES string of the molecule is CCC(C)c1cc(C)c(-c2cc(C)cc(C(F)(F)F)c2)c(C)c1.CCCC1(CCC(C)CC)NC(c2ccccc2OC(F)(F)F)NC1=O.CCCCCC(C)=O. The molecule has 0 aromatic heterocycles. The Morgan fingerprint density at radius 3 is 2.00 bits per heavy atom. The molecule has 4 rings (SSSR count). The number of para-hydroxylation sites is 1. The molecule has 57 heavy (non-hydrogen) atoms. The molecule has 2 N–H and O–H groups in total. The first kappa shape index (κ1) is 49.3. The quantitative estimate of drug-likeness (QED) is 0.119. The lowest BCUT2D eigenvalue weighted by molar-refractivity contribution is -0.275. The predicted octanol–water partition coefficient (Wildman–Crippen LogP) is 13.6. The summed E-state index contributed by atoms with van der Waals surface area (Å²) >= 11 is 0. The molecule has 1 saturated heterocycles. The first-order valence-corrected chi connectivity index (χ1v) is 20.3. The summed E-state index contributed by atoms with van der Waals surface area (Å²) in [6.07, 6.45) is -0.532. The molecule has 5 nitrogen and oxygen atoms in total. The highest BCUT2D eigenvalue weighted by molar-refractivity contribution is 5.89. The molecule has 11 heteroatoms. The predicted molar refractivity (Wildman–Crippen MR) is 218 cm³/mol. The van der Waals surface area contributed by atoms with E-state index in [-0.39, 0.29) is 17.2 Å². The second-order valence-electron chi connectivity index (χ2n) is 15.6. The number of nitrogens with one attached hydrogen (secondary N) is 2. The van der Waals surface area contributed by atoms with Crippen LogP contribution < -0.4 is 15.4 Å². The van der Waals surface area contributed by atoms with Gasteiger partial charge in [-0.3, -0.25) is 10.1 Å². The summed E-state index contributed by atoms with van der Waals surface area (Å²) < 4.78 is 81.4. The van der Waals surface area contributed by atoms with Gasteiger partial charge in [0.25, 0.3) is 0 Å². The second-order valence-corrected chi connectivity index (χ2v) is 15.6. The zero-order valence-corrected chi connectivity index (χ0v) is 35.5. The highest BCUT2D eigenvalue weighted by Gasteiger charge is 2.46. The number of unbranched alkanes of at least 4 members (excludes halogenated alkanes) is 2. The lowest BCUT2D eigenvalue weighted by Crippen LogP contribution is -2.46. The standard InChI is InChI=1S/C20H23F3.C19H27F3N2O2.C7H14O/c1-6-13(3)16-9-14(4)19(15(5)10-16)17-7-12(2)8-18(11-17)20(21,22)23;1-4-11-18(12-10-13(3)5-2)17(25)23-16(24-18)14-8-6-7-9-15(14)26-19(20,21)22;1-3-4-5-6-7(2)8/h7-11,13H,6H2,1-5H3;6-9,13,16,24H,4-5,10-12H2,1-3H3,(H,23,25);3-6H2,1-2H3. The lowest BCUT2D eigenvalue weighted by atomic mass is 9.85. The average molecular weight is 807 g/mol. The lowest BCUT2D eigenvalue weighted by Gasteiger charge is -2.28. The number of ketones is 1. The van der Waals surface area contributed by atoms with Crippen LogP contribution in [0.4, 0.5) is 26.3 Å². The van der Waals surface area contributed by atoms with Crippen molar-refractivity contribution in [2.24, 2.45) is 5.92 Å². The summed E-state index contributed by atoms with van der Waals surface area (Å²) in [5.41, 5.74) is 4.41. The molecule has 1 aliphatic rings. The normalized spacial score (nSPS) is 17.8. The van der Waals surface area contributed by atoms with Crippen molar-refractivity contribution < 1.29 is 40.7 Å². The number of benzene rings is 3. The first-order valence-electron chi connectivity index (χ1n) is 20.3. The minimum absolute atomic E-state index is 0.158. The van der Waals surface area contributed by atoms with Gasteiger partial charge in [-0.05, 0) is 123 Å². The van der Waals surface area contributed by atoms with Crippen LogP contribution in [-0.4, -0.2) is 23.6 Å². The van der Waals surface area contributed by atoms with Gasteiger partial charge in [-0.15, -0.1) is 13.2 Å². The molecule has 0 aliphatic carbocycles. The minimum atomic E-state index is -4.78. The van der Waals surface area contributed by atoms with Crippen LogP contribution in [0.3, 0.4) is 0 Å². The maximum absolute atomic E-state index is 13.1. The fraction of sp³-hybridized carbons (Fsp3) is 0.565. The smallest absolute Gasteiger partial charge is 0.405 e. The topological polar surface area (TPSA) is 67.4 Å². The third-order valence-corrected chi connectivity index (χ3v) is 10.6. The zero-order chi connectivity index (χ0) is 43.1. The van der Waals surface area contributed by atoms with E-state index in [4.69, 9.17) is 0 Å². The molecule has 0 spiro atoms. The molecule has 3 aromatic carbocycles. The number of Topliss-reactive ketones (excluding diaryl/α,β-unsaturated/α-hetero) is 1. The number of alkyl halides is 6. The van der Waals surface area contributed by atoms with Gasteiger partial charge in [-0.1, -0.05) is 104 Å². The molecule has 4 atom stereocenters. The Morgan fingerprint density at radius 1 is 0.842 bits per heavy atom. The number of rotatable bonds is 15. The number of halogens is 6. The van der Waals surface area contributed by atoms with Crippen molar-refractivity contribution in [2.75, 3.05) is 0 Å². The maximum Gasteiger partial charge on any atom is 0.573 e. The van der Waals surface area contributed by atoms with Crippen LogP contribution in [-0.2, 0) is 15.8 Å². The van der Waals surface area contributed by atoms with E-state index in [2.05, 4.69) is 62.1 Å². The molecular formula is C46H64F6N2O3. The fourth-order valence-corrected chi connectivity index (χ4v) is 7.05. The van der Waals surface area contributed by atoms with Crippen LogP contribution in [0, 0.1) is 26.7 Å². The van der Waals surface area contributed by atoms with Crippen molar-refractivity contribution in [1.29, 1.82) is 0 Å². The van der Waals surface area contributed by atoms with Crippen molar-refractivity contribution in [3.63, 3.8) is 0 Å². The van der Waals surface area contributed by atoms with Crippen LogP contribution in [0.1, 0.15) is 158 Å². The Bertz CT molecular complexity index is 1710. The number of carbonyl (C=O) groups excluding carboxylic acids is 2. The van der Waals surface area contributed by atoms with Crippen LogP contribution in [0.15, 0.2) is 54.6 Å². The summed E-state index contributed by atoms with van der Waals surface area (Å²) in [5, 5.41) is 6.09. The van der Waals surface area contributed by atoms with Gasteiger partial charge in [-0.25, -0.2) is 0 Å². The van der Waals surface area contributed by atoms with Gasteiger partial charge in [0.15, 0.2) is 0 Å². The Labute approximate surface area is 336 Å². The summed E-state index contributed by atoms with van der Waals surface area (Å²) in [5.74, 6) is 0.794. The fourth-order valence-electron chi connectivity index (χ4n) is 7.05. The van der Waals surface area contributed by atoms with Gasteiger partial charge >= 0.3 is 12.5 Å². The zero-order valence-electron chi connectivity index (χ0n) is 35.5. The van der Waals surface area contributed by atoms with Crippen molar-refractivity contribution in [1.82, 2.24) is 10.6 Å². The van der Waals surface area contributed by atoms with E-state index in [1.54, 1.807) is 19.9 Å². The van der Waals surface area contributed by atoms with Crippen molar-refractivity contribution in [3.8, 4) is 16.9 Å². The molecular weight excluding hydrogens is 743 g/mol. The first-order chi connectivity index (χ1) is 26.6. The van der Waals surface area contributed by atoms with Gasteiger partial charge in [-0.2, -0.15) is 13.2 Å². The van der Waals surface area contributed by atoms with Gasteiger partial charge in [0.05, 0.1) is 11.1 Å². The van der Waals surface area contributed by atoms with Gasteiger partial charge in [0.1, 0.15) is 17.7 Å². The Hall–Kier alpha value is -3.86. The molecule has 1 heterocycles. The van der Waals surface area contributed by atoms with Crippen LogP contribution >= 0.6 is 0 Å². The average Bonchev–Trinajstić information content (AvgIpc) is 3.44. The Kier molecular flexibility index (Phi) is 19.3. The van der Waals surface area contributed by atoms with E-state index in [9.17, 15) is 35.9 Å². The monoisotopic (exact) mass is 806 g/mol. The van der Waals surface area contributed by atoms with Gasteiger partial charge in [0, 0.05) is 12.0 Å². The number of amides is 1. The summed E-state index contributed by atoms with van der Waals surface area (Å²) in [4.78, 5) is 23.0. The van der Waals surface area contributed by atoms with E-state index >= 15 is 0 Å². The van der Waals surface area contributed by atoms with Gasteiger partial charge in [0.2, 0.25) is 5.91 Å². The third kappa shape index (κ3) is 15.4.